The lowest BCUT2D eigenvalue weighted by atomic mass is 10.2. The molecule has 1 aromatic heterocycles. The minimum atomic E-state index is 0.0208. The van der Waals surface area contributed by atoms with Crippen LogP contribution in [0.25, 0.3) is 11.5 Å². The summed E-state index contributed by atoms with van der Waals surface area (Å²) in [5.41, 5.74) is 6.22. The monoisotopic (exact) mass is 219 g/mol. The van der Waals surface area contributed by atoms with Gasteiger partial charge in [0.25, 0.3) is 0 Å². The maximum atomic E-state index is 8.65. The van der Waals surface area contributed by atoms with Gasteiger partial charge in [0.15, 0.2) is 0 Å². The van der Waals surface area contributed by atoms with Crippen LogP contribution < -0.4 is 5.73 Å². The fourth-order valence-corrected chi connectivity index (χ4v) is 1.35. The Morgan fingerprint density at radius 1 is 1.47 bits per heavy atom. The minimum absolute atomic E-state index is 0.0208. The van der Waals surface area contributed by atoms with E-state index in [-0.39, 0.29) is 11.6 Å². The van der Waals surface area contributed by atoms with Crippen molar-refractivity contribution in [3.05, 3.63) is 35.0 Å². The van der Waals surface area contributed by atoms with Crippen molar-refractivity contribution < 1.29 is 4.42 Å². The van der Waals surface area contributed by atoms with Gasteiger partial charge in [-0.1, -0.05) is 17.7 Å². The predicted octanol–water partition coefficient (Wildman–Crippen LogP) is 2.45. The number of oxazole rings is 1. The summed E-state index contributed by atoms with van der Waals surface area (Å²) >= 11 is 5.81. The summed E-state index contributed by atoms with van der Waals surface area (Å²) in [6.45, 7) is 0. The van der Waals surface area contributed by atoms with Crippen molar-refractivity contribution >= 4 is 17.5 Å². The van der Waals surface area contributed by atoms with Gasteiger partial charge >= 0.3 is 0 Å². The lowest BCUT2D eigenvalue weighted by molar-refractivity contribution is 0.593. The number of aromatic nitrogens is 1. The van der Waals surface area contributed by atoms with E-state index in [0.717, 1.165) is 0 Å². The van der Waals surface area contributed by atoms with Crippen LogP contribution in [-0.4, -0.2) is 4.98 Å². The van der Waals surface area contributed by atoms with Crippen LogP contribution in [0.3, 0.4) is 0 Å². The van der Waals surface area contributed by atoms with Gasteiger partial charge in [-0.25, -0.2) is 0 Å². The molecule has 2 rings (SSSR count). The van der Waals surface area contributed by atoms with Gasteiger partial charge in [-0.2, -0.15) is 10.2 Å². The number of halogens is 1. The van der Waals surface area contributed by atoms with E-state index >= 15 is 0 Å². The molecular formula is C10H6ClN3O. The first kappa shape index (κ1) is 9.56. The van der Waals surface area contributed by atoms with Gasteiger partial charge in [-0.3, -0.25) is 0 Å². The van der Waals surface area contributed by atoms with Gasteiger partial charge in [0.05, 0.1) is 0 Å². The van der Waals surface area contributed by atoms with E-state index in [0.29, 0.717) is 16.5 Å². The first-order chi connectivity index (χ1) is 7.20. The number of nitrogens with two attached hydrogens (primary N) is 1. The van der Waals surface area contributed by atoms with Crippen molar-refractivity contribution in [2.45, 2.75) is 0 Å². The second-order valence-electron chi connectivity index (χ2n) is 2.85. The highest BCUT2D eigenvalue weighted by molar-refractivity contribution is 6.30. The second kappa shape index (κ2) is 3.64. The zero-order chi connectivity index (χ0) is 10.8. The Morgan fingerprint density at radius 2 is 2.27 bits per heavy atom. The molecule has 74 valence electrons. The molecule has 2 N–H and O–H groups in total. The highest BCUT2D eigenvalue weighted by Crippen LogP contribution is 2.25. The molecular weight excluding hydrogens is 214 g/mol. The van der Waals surface area contributed by atoms with Gasteiger partial charge in [0.1, 0.15) is 6.07 Å². The number of anilines is 1. The number of nitrogen functional groups attached to an aromatic ring is 1. The lowest BCUT2D eigenvalue weighted by Crippen LogP contribution is -1.84. The number of hydrogen-bond acceptors (Lipinski definition) is 4. The van der Waals surface area contributed by atoms with E-state index < -0.39 is 0 Å². The van der Waals surface area contributed by atoms with Crippen molar-refractivity contribution in [2.24, 2.45) is 0 Å². The van der Waals surface area contributed by atoms with Gasteiger partial charge in [-0.15, -0.1) is 0 Å². The third-order valence-corrected chi connectivity index (χ3v) is 2.07. The van der Waals surface area contributed by atoms with Crippen LogP contribution in [-0.2, 0) is 0 Å². The summed E-state index contributed by atoms with van der Waals surface area (Å²) in [7, 11) is 0. The Labute approximate surface area is 90.9 Å². The molecule has 15 heavy (non-hydrogen) atoms. The molecule has 1 heterocycles. The largest absolute Gasteiger partial charge is 0.419 e. The number of nitriles is 1. The quantitative estimate of drug-likeness (QED) is 0.799. The van der Waals surface area contributed by atoms with E-state index in [1.165, 1.54) is 0 Å². The molecule has 2 aromatic rings. The first-order valence-corrected chi connectivity index (χ1v) is 4.51. The van der Waals surface area contributed by atoms with E-state index in [1.807, 2.05) is 6.07 Å². The Bertz CT molecular complexity index is 542. The number of benzene rings is 1. The summed E-state index contributed by atoms with van der Waals surface area (Å²) < 4.78 is 5.13. The Hall–Kier alpha value is -1.99. The van der Waals surface area contributed by atoms with E-state index in [9.17, 15) is 0 Å². The average molecular weight is 220 g/mol. The standard InChI is InChI=1S/C10H6ClN3O/c11-7-3-1-2-6(4-7)10-14-8(5-12)9(13)15-10/h1-4H,13H2. The van der Waals surface area contributed by atoms with Crippen LogP contribution in [0, 0.1) is 11.3 Å². The highest BCUT2D eigenvalue weighted by atomic mass is 35.5. The van der Waals surface area contributed by atoms with Crippen molar-refractivity contribution in [3.63, 3.8) is 0 Å². The van der Waals surface area contributed by atoms with Crippen LogP contribution >= 0.6 is 11.6 Å². The molecule has 0 saturated carbocycles. The molecule has 0 unspecified atom stereocenters. The molecule has 0 aliphatic rings. The predicted molar refractivity (Wildman–Crippen MR) is 56.1 cm³/mol. The fraction of sp³-hybridized carbons (Fsp3) is 0. The molecule has 0 saturated heterocycles. The van der Waals surface area contributed by atoms with Crippen molar-refractivity contribution in [1.29, 1.82) is 5.26 Å². The van der Waals surface area contributed by atoms with Crippen molar-refractivity contribution in [2.75, 3.05) is 5.73 Å². The van der Waals surface area contributed by atoms with Crippen LogP contribution in [0.2, 0.25) is 5.02 Å². The molecule has 0 atom stereocenters. The Morgan fingerprint density at radius 3 is 2.87 bits per heavy atom. The zero-order valence-corrected chi connectivity index (χ0v) is 8.32. The smallest absolute Gasteiger partial charge is 0.230 e. The van der Waals surface area contributed by atoms with E-state index in [4.69, 9.17) is 27.0 Å². The van der Waals surface area contributed by atoms with Gasteiger partial charge < -0.3 is 10.2 Å². The molecule has 1 aromatic carbocycles. The number of nitrogens with zero attached hydrogens (tertiary/aromatic N) is 2. The minimum Gasteiger partial charge on any atom is -0.419 e. The summed E-state index contributed by atoms with van der Waals surface area (Å²) in [4.78, 5) is 3.93. The normalized spacial score (nSPS) is 9.87. The molecule has 4 nitrogen and oxygen atoms in total. The maximum Gasteiger partial charge on any atom is 0.230 e. The molecule has 0 spiro atoms. The van der Waals surface area contributed by atoms with Crippen molar-refractivity contribution in [1.82, 2.24) is 4.98 Å². The lowest BCUT2D eigenvalue weighted by Gasteiger charge is -1.94. The molecule has 5 heteroatoms. The second-order valence-corrected chi connectivity index (χ2v) is 3.29. The summed E-state index contributed by atoms with van der Waals surface area (Å²) in [6.07, 6.45) is 0. The average Bonchev–Trinajstić information content (AvgIpc) is 2.60. The molecule has 0 radical (unpaired) electrons. The third kappa shape index (κ3) is 1.78. The van der Waals surface area contributed by atoms with Crippen molar-refractivity contribution in [3.8, 4) is 17.5 Å². The zero-order valence-electron chi connectivity index (χ0n) is 7.57. The third-order valence-electron chi connectivity index (χ3n) is 1.83. The van der Waals surface area contributed by atoms with Crippen LogP contribution in [0.15, 0.2) is 28.7 Å². The summed E-state index contributed by atoms with van der Waals surface area (Å²) in [5, 5.41) is 9.23. The fourth-order valence-electron chi connectivity index (χ4n) is 1.16. The Kier molecular flexibility index (Phi) is 2.32. The first-order valence-electron chi connectivity index (χ1n) is 4.13. The maximum absolute atomic E-state index is 8.65. The summed E-state index contributed by atoms with van der Waals surface area (Å²) in [5.74, 6) is 0.319. The summed E-state index contributed by atoms with van der Waals surface area (Å²) in [6, 6.07) is 8.81. The molecule has 0 fully saturated rings. The molecule has 0 bridgehead atoms. The number of rotatable bonds is 1. The van der Waals surface area contributed by atoms with E-state index in [2.05, 4.69) is 4.98 Å². The number of hydrogen-bond donors (Lipinski definition) is 1. The Balaban J connectivity index is 2.51. The van der Waals surface area contributed by atoms with Gasteiger partial charge in [0.2, 0.25) is 17.5 Å². The van der Waals surface area contributed by atoms with Crippen LogP contribution in [0.5, 0.6) is 0 Å². The molecule has 0 amide bonds. The van der Waals surface area contributed by atoms with Gasteiger partial charge in [-0.05, 0) is 18.2 Å². The van der Waals surface area contributed by atoms with Crippen LogP contribution in [0.1, 0.15) is 5.69 Å². The SMILES string of the molecule is N#Cc1nc(-c2cccc(Cl)c2)oc1N. The van der Waals surface area contributed by atoms with E-state index in [1.54, 1.807) is 24.3 Å². The van der Waals surface area contributed by atoms with Gasteiger partial charge in [0, 0.05) is 10.6 Å². The molecule has 0 aliphatic carbocycles. The highest BCUT2D eigenvalue weighted by Gasteiger charge is 2.11. The topological polar surface area (TPSA) is 75.8 Å². The van der Waals surface area contributed by atoms with Crippen LogP contribution in [0.4, 0.5) is 5.88 Å². The molecule has 0 aliphatic heterocycles.